The van der Waals surface area contributed by atoms with Crippen LogP contribution in [0.1, 0.15) is 12.8 Å². The number of hydrogen-bond donors (Lipinski definition) is 0. The number of alkyl halides is 1. The summed E-state index contributed by atoms with van der Waals surface area (Å²) in [5.41, 5.74) is 0. The maximum absolute atomic E-state index is 11.6. The van der Waals surface area contributed by atoms with Crippen molar-refractivity contribution in [1.82, 2.24) is 14.9 Å². The van der Waals surface area contributed by atoms with Crippen molar-refractivity contribution >= 4 is 17.5 Å². The fourth-order valence-electron chi connectivity index (χ4n) is 2.04. The van der Waals surface area contributed by atoms with E-state index >= 15 is 0 Å². The maximum atomic E-state index is 11.6. The molecule has 7 heteroatoms. The Bertz CT molecular complexity index is 444. The smallest absolute Gasteiger partial charge is 0.278 e. The Morgan fingerprint density at radius 3 is 2.89 bits per heavy atom. The second-order valence-corrected chi connectivity index (χ2v) is 4.49. The van der Waals surface area contributed by atoms with Crippen molar-refractivity contribution in [2.75, 3.05) is 26.1 Å². The third-order valence-corrected chi connectivity index (χ3v) is 3.18. The summed E-state index contributed by atoms with van der Waals surface area (Å²) in [6, 6.07) is 0. The molecule has 0 aliphatic carbocycles. The van der Waals surface area contributed by atoms with Crippen LogP contribution in [-0.2, 0) is 4.79 Å². The average molecular weight is 286 g/mol. The first kappa shape index (κ1) is 13.9. The molecular formula is C12H16ClN3O3. The minimum absolute atomic E-state index is 0.00117. The second-order valence-electron chi connectivity index (χ2n) is 4.23. The van der Waals surface area contributed by atoms with E-state index in [4.69, 9.17) is 21.1 Å². The summed E-state index contributed by atoms with van der Waals surface area (Å²) >= 11 is 5.57. The molecular weight excluding hydrogens is 270 g/mol. The molecule has 0 bridgehead atoms. The number of ether oxygens (including phenoxy) is 2. The molecule has 0 aromatic carbocycles. The SMILES string of the molecule is COc1nccnc1OC1CCCN(C(=O)CCl)C1. The largest absolute Gasteiger partial charge is 0.477 e. The summed E-state index contributed by atoms with van der Waals surface area (Å²) in [4.78, 5) is 21.4. The molecule has 1 saturated heterocycles. The summed E-state index contributed by atoms with van der Waals surface area (Å²) < 4.78 is 10.8. The van der Waals surface area contributed by atoms with E-state index in [1.54, 1.807) is 11.1 Å². The van der Waals surface area contributed by atoms with Crippen molar-refractivity contribution < 1.29 is 14.3 Å². The summed E-state index contributed by atoms with van der Waals surface area (Å²) in [7, 11) is 1.51. The van der Waals surface area contributed by atoms with Crippen LogP contribution < -0.4 is 9.47 Å². The monoisotopic (exact) mass is 285 g/mol. The third kappa shape index (κ3) is 3.47. The van der Waals surface area contributed by atoms with Crippen LogP contribution in [0.25, 0.3) is 0 Å². The molecule has 19 heavy (non-hydrogen) atoms. The first-order chi connectivity index (χ1) is 9.24. The van der Waals surface area contributed by atoms with E-state index in [1.165, 1.54) is 13.3 Å². The number of rotatable bonds is 4. The Kier molecular flexibility index (Phi) is 4.79. The second kappa shape index (κ2) is 6.56. The molecule has 0 radical (unpaired) electrons. The van der Waals surface area contributed by atoms with Gasteiger partial charge in [-0.1, -0.05) is 0 Å². The Labute approximate surface area is 116 Å². The van der Waals surface area contributed by atoms with Gasteiger partial charge in [0.05, 0.1) is 13.7 Å². The maximum Gasteiger partial charge on any atom is 0.278 e. The molecule has 1 aliphatic rings. The van der Waals surface area contributed by atoms with Crippen LogP contribution in [0.2, 0.25) is 0 Å². The Morgan fingerprint density at radius 2 is 2.21 bits per heavy atom. The van der Waals surface area contributed by atoms with Gasteiger partial charge in [-0.2, -0.15) is 0 Å². The van der Waals surface area contributed by atoms with E-state index in [0.717, 1.165) is 19.4 Å². The lowest BCUT2D eigenvalue weighted by Crippen LogP contribution is -2.45. The van der Waals surface area contributed by atoms with Crippen molar-refractivity contribution in [3.63, 3.8) is 0 Å². The van der Waals surface area contributed by atoms with E-state index in [2.05, 4.69) is 9.97 Å². The number of piperidine rings is 1. The molecule has 1 unspecified atom stereocenters. The molecule has 0 N–H and O–H groups in total. The van der Waals surface area contributed by atoms with Crippen molar-refractivity contribution in [2.24, 2.45) is 0 Å². The molecule has 1 amide bonds. The molecule has 2 heterocycles. The van der Waals surface area contributed by atoms with Gasteiger partial charge < -0.3 is 14.4 Å². The van der Waals surface area contributed by atoms with E-state index < -0.39 is 0 Å². The molecule has 1 atom stereocenters. The lowest BCUT2D eigenvalue weighted by Gasteiger charge is -2.32. The number of methoxy groups -OCH3 is 1. The fraction of sp³-hybridized carbons (Fsp3) is 0.583. The standard InChI is InChI=1S/C12H16ClN3O3/c1-18-11-12(15-5-4-14-11)19-9-3-2-6-16(8-9)10(17)7-13/h4-5,9H,2-3,6-8H2,1H3. The quantitative estimate of drug-likeness (QED) is 0.775. The molecule has 0 saturated carbocycles. The highest BCUT2D eigenvalue weighted by molar-refractivity contribution is 6.27. The number of nitrogens with zero attached hydrogens (tertiary/aromatic N) is 3. The van der Waals surface area contributed by atoms with Gasteiger partial charge >= 0.3 is 0 Å². The Hall–Kier alpha value is -1.56. The molecule has 6 nitrogen and oxygen atoms in total. The van der Waals surface area contributed by atoms with Crippen LogP contribution >= 0.6 is 11.6 Å². The summed E-state index contributed by atoms with van der Waals surface area (Å²) in [5, 5.41) is 0. The zero-order valence-electron chi connectivity index (χ0n) is 10.7. The van der Waals surface area contributed by atoms with Crippen LogP contribution in [-0.4, -0.2) is 53.0 Å². The molecule has 1 aromatic rings. The van der Waals surface area contributed by atoms with Crippen LogP contribution in [0.5, 0.6) is 11.8 Å². The molecule has 1 aliphatic heterocycles. The number of carbonyl (C=O) groups excluding carboxylic acids is 1. The van der Waals surface area contributed by atoms with Crippen LogP contribution in [0.4, 0.5) is 0 Å². The highest BCUT2D eigenvalue weighted by atomic mass is 35.5. The van der Waals surface area contributed by atoms with E-state index in [0.29, 0.717) is 18.3 Å². The van der Waals surface area contributed by atoms with Crippen LogP contribution in [0.15, 0.2) is 12.4 Å². The molecule has 1 aromatic heterocycles. The lowest BCUT2D eigenvalue weighted by atomic mass is 10.1. The van der Waals surface area contributed by atoms with Crippen molar-refractivity contribution in [2.45, 2.75) is 18.9 Å². The first-order valence-electron chi connectivity index (χ1n) is 6.10. The minimum atomic E-state index is -0.105. The predicted octanol–water partition coefficient (Wildman–Crippen LogP) is 1.09. The summed E-state index contributed by atoms with van der Waals surface area (Å²) in [6.07, 6.45) is 4.73. The normalized spacial score (nSPS) is 19.1. The number of carbonyl (C=O) groups is 1. The van der Waals surface area contributed by atoms with Crippen molar-refractivity contribution in [3.05, 3.63) is 12.4 Å². The van der Waals surface area contributed by atoms with Gasteiger partial charge in [0.25, 0.3) is 11.8 Å². The number of aromatic nitrogens is 2. The molecule has 1 fully saturated rings. The number of hydrogen-bond acceptors (Lipinski definition) is 5. The number of amides is 1. The molecule has 0 spiro atoms. The van der Waals surface area contributed by atoms with Gasteiger partial charge in [-0.15, -0.1) is 11.6 Å². The zero-order chi connectivity index (χ0) is 13.7. The van der Waals surface area contributed by atoms with Crippen molar-refractivity contribution in [3.8, 4) is 11.8 Å². The Balaban J connectivity index is 2.00. The Morgan fingerprint density at radius 1 is 1.47 bits per heavy atom. The number of likely N-dealkylation sites (tertiary alicyclic amines) is 1. The topological polar surface area (TPSA) is 64.6 Å². The minimum Gasteiger partial charge on any atom is -0.477 e. The third-order valence-electron chi connectivity index (χ3n) is 2.95. The first-order valence-corrected chi connectivity index (χ1v) is 6.63. The van der Waals surface area contributed by atoms with Gasteiger partial charge in [0, 0.05) is 18.9 Å². The average Bonchev–Trinajstić information content (AvgIpc) is 2.47. The van der Waals surface area contributed by atoms with Gasteiger partial charge in [-0.25, -0.2) is 9.97 Å². The van der Waals surface area contributed by atoms with Gasteiger partial charge in [0.15, 0.2) is 0 Å². The highest BCUT2D eigenvalue weighted by Gasteiger charge is 2.25. The number of halogens is 1. The zero-order valence-corrected chi connectivity index (χ0v) is 11.5. The van der Waals surface area contributed by atoms with E-state index in [-0.39, 0.29) is 17.9 Å². The summed E-state index contributed by atoms with van der Waals surface area (Å²) in [6.45, 7) is 1.24. The van der Waals surface area contributed by atoms with Gasteiger partial charge in [0.1, 0.15) is 12.0 Å². The van der Waals surface area contributed by atoms with Crippen molar-refractivity contribution in [1.29, 1.82) is 0 Å². The lowest BCUT2D eigenvalue weighted by molar-refractivity contribution is -0.131. The molecule has 2 rings (SSSR count). The van der Waals surface area contributed by atoms with E-state index in [1.807, 2.05) is 0 Å². The van der Waals surface area contributed by atoms with E-state index in [9.17, 15) is 4.79 Å². The predicted molar refractivity (Wildman–Crippen MR) is 69.5 cm³/mol. The summed E-state index contributed by atoms with van der Waals surface area (Å²) in [5.74, 6) is 0.640. The fourth-order valence-corrected chi connectivity index (χ4v) is 2.21. The highest BCUT2D eigenvalue weighted by Crippen LogP contribution is 2.23. The van der Waals surface area contributed by atoms with Gasteiger partial charge in [0.2, 0.25) is 5.91 Å². The molecule has 104 valence electrons. The van der Waals surface area contributed by atoms with Crippen LogP contribution in [0, 0.1) is 0 Å². The van der Waals surface area contributed by atoms with Gasteiger partial charge in [-0.05, 0) is 12.8 Å². The van der Waals surface area contributed by atoms with Gasteiger partial charge in [-0.3, -0.25) is 4.79 Å². The van der Waals surface area contributed by atoms with Crippen LogP contribution in [0.3, 0.4) is 0 Å².